The fraction of sp³-hybridized carbons (Fsp3) is 0.625. The molecule has 0 bridgehead atoms. The average Bonchev–Trinajstić information content (AvgIpc) is 2.49. The Labute approximate surface area is 122 Å². The molecule has 1 N–H and O–H groups in total. The molecule has 0 aliphatic carbocycles. The Morgan fingerprint density at radius 1 is 1.25 bits per heavy atom. The van der Waals surface area contributed by atoms with E-state index in [1.165, 1.54) is 31.7 Å². The number of likely N-dealkylation sites (N-methyl/N-ethyl adjacent to an activating group) is 1. The van der Waals surface area contributed by atoms with Crippen LogP contribution in [0.3, 0.4) is 0 Å². The smallest absolute Gasteiger partial charge is 0.119 e. The SMILES string of the molecule is COc1cccc([C@H](C)NCCN2CCN(C)CC2)c1. The largest absolute Gasteiger partial charge is 0.497 e. The molecule has 4 nitrogen and oxygen atoms in total. The van der Waals surface area contributed by atoms with Gasteiger partial charge in [0.1, 0.15) is 5.75 Å². The Bertz CT molecular complexity index is 402. The summed E-state index contributed by atoms with van der Waals surface area (Å²) in [4.78, 5) is 4.92. The lowest BCUT2D eigenvalue weighted by molar-refractivity contribution is 0.154. The van der Waals surface area contributed by atoms with Crippen LogP contribution in [0, 0.1) is 0 Å². The molecule has 1 aromatic carbocycles. The summed E-state index contributed by atoms with van der Waals surface area (Å²) in [5.41, 5.74) is 1.28. The Morgan fingerprint density at radius 2 is 2.00 bits per heavy atom. The van der Waals surface area contributed by atoms with Crippen molar-refractivity contribution in [2.75, 3.05) is 53.4 Å². The normalized spacial score (nSPS) is 18.9. The zero-order valence-corrected chi connectivity index (χ0v) is 12.9. The molecular weight excluding hydrogens is 250 g/mol. The van der Waals surface area contributed by atoms with Crippen molar-refractivity contribution < 1.29 is 4.74 Å². The van der Waals surface area contributed by atoms with Crippen molar-refractivity contribution >= 4 is 0 Å². The second-order valence-electron chi connectivity index (χ2n) is 5.60. The molecule has 0 unspecified atom stereocenters. The fourth-order valence-corrected chi connectivity index (χ4v) is 2.54. The van der Waals surface area contributed by atoms with Crippen molar-refractivity contribution in [1.29, 1.82) is 0 Å². The van der Waals surface area contributed by atoms with Crippen LogP contribution in [0.4, 0.5) is 0 Å². The monoisotopic (exact) mass is 277 g/mol. The maximum atomic E-state index is 5.27. The van der Waals surface area contributed by atoms with Gasteiger partial charge in [0.25, 0.3) is 0 Å². The van der Waals surface area contributed by atoms with Gasteiger partial charge in [0.15, 0.2) is 0 Å². The molecule has 1 aliphatic rings. The number of nitrogens with zero attached hydrogens (tertiary/aromatic N) is 2. The van der Waals surface area contributed by atoms with E-state index in [0.29, 0.717) is 6.04 Å². The lowest BCUT2D eigenvalue weighted by Gasteiger charge is -2.32. The lowest BCUT2D eigenvalue weighted by atomic mass is 10.1. The first-order valence-electron chi connectivity index (χ1n) is 7.47. The Hall–Kier alpha value is -1.10. The molecular formula is C16H27N3O. The molecule has 1 saturated heterocycles. The summed E-state index contributed by atoms with van der Waals surface area (Å²) < 4.78 is 5.27. The molecule has 20 heavy (non-hydrogen) atoms. The highest BCUT2D eigenvalue weighted by Crippen LogP contribution is 2.18. The van der Waals surface area contributed by atoms with Crippen molar-refractivity contribution in [3.8, 4) is 5.75 Å². The molecule has 1 aromatic rings. The third kappa shape index (κ3) is 4.47. The predicted octanol–water partition coefficient (Wildman–Crippen LogP) is 1.59. The minimum atomic E-state index is 0.359. The Kier molecular flexibility index (Phi) is 5.83. The van der Waals surface area contributed by atoms with E-state index in [9.17, 15) is 0 Å². The van der Waals surface area contributed by atoms with E-state index in [4.69, 9.17) is 4.74 Å². The number of hydrogen-bond acceptors (Lipinski definition) is 4. The van der Waals surface area contributed by atoms with Gasteiger partial charge < -0.3 is 15.0 Å². The first kappa shape index (κ1) is 15.3. The van der Waals surface area contributed by atoms with Gasteiger partial charge in [0.2, 0.25) is 0 Å². The molecule has 0 saturated carbocycles. The van der Waals surface area contributed by atoms with E-state index in [-0.39, 0.29) is 0 Å². The van der Waals surface area contributed by atoms with Crippen LogP contribution in [-0.2, 0) is 0 Å². The molecule has 2 rings (SSSR count). The minimum absolute atomic E-state index is 0.359. The summed E-state index contributed by atoms with van der Waals surface area (Å²) in [7, 11) is 3.91. The van der Waals surface area contributed by atoms with Crippen LogP contribution in [0.15, 0.2) is 24.3 Å². The molecule has 1 aliphatic heterocycles. The summed E-state index contributed by atoms with van der Waals surface area (Å²) >= 11 is 0. The van der Waals surface area contributed by atoms with E-state index in [2.05, 4.69) is 41.2 Å². The number of benzene rings is 1. The van der Waals surface area contributed by atoms with Gasteiger partial charge in [-0.3, -0.25) is 4.90 Å². The van der Waals surface area contributed by atoms with E-state index < -0.39 is 0 Å². The van der Waals surface area contributed by atoms with Crippen LogP contribution in [0.5, 0.6) is 5.75 Å². The van der Waals surface area contributed by atoms with Crippen LogP contribution in [0.1, 0.15) is 18.5 Å². The third-order valence-corrected chi connectivity index (χ3v) is 4.07. The summed E-state index contributed by atoms with van der Waals surface area (Å²) in [6.45, 7) is 9.11. The summed E-state index contributed by atoms with van der Waals surface area (Å²) in [6, 6.07) is 8.65. The van der Waals surface area contributed by atoms with Crippen LogP contribution in [-0.4, -0.2) is 63.2 Å². The highest BCUT2D eigenvalue weighted by atomic mass is 16.5. The van der Waals surface area contributed by atoms with Crippen molar-refractivity contribution in [3.63, 3.8) is 0 Å². The number of rotatable bonds is 6. The number of hydrogen-bond donors (Lipinski definition) is 1. The molecule has 4 heteroatoms. The fourth-order valence-electron chi connectivity index (χ4n) is 2.54. The third-order valence-electron chi connectivity index (χ3n) is 4.07. The van der Waals surface area contributed by atoms with Gasteiger partial charge in [-0.15, -0.1) is 0 Å². The van der Waals surface area contributed by atoms with Gasteiger partial charge in [-0.2, -0.15) is 0 Å². The second-order valence-corrected chi connectivity index (χ2v) is 5.60. The minimum Gasteiger partial charge on any atom is -0.497 e. The quantitative estimate of drug-likeness (QED) is 0.855. The maximum Gasteiger partial charge on any atom is 0.119 e. The Morgan fingerprint density at radius 3 is 2.70 bits per heavy atom. The van der Waals surface area contributed by atoms with Gasteiger partial charge in [-0.25, -0.2) is 0 Å². The average molecular weight is 277 g/mol. The van der Waals surface area contributed by atoms with E-state index >= 15 is 0 Å². The van der Waals surface area contributed by atoms with Gasteiger partial charge in [-0.1, -0.05) is 12.1 Å². The van der Waals surface area contributed by atoms with E-state index in [0.717, 1.165) is 18.8 Å². The van der Waals surface area contributed by atoms with Gasteiger partial charge in [-0.05, 0) is 31.7 Å². The molecule has 112 valence electrons. The summed E-state index contributed by atoms with van der Waals surface area (Å²) in [5.74, 6) is 0.926. The number of nitrogens with one attached hydrogen (secondary N) is 1. The molecule has 1 fully saturated rings. The highest BCUT2D eigenvalue weighted by Gasteiger charge is 2.13. The van der Waals surface area contributed by atoms with Crippen molar-refractivity contribution in [2.45, 2.75) is 13.0 Å². The van der Waals surface area contributed by atoms with Crippen LogP contribution in [0.2, 0.25) is 0 Å². The zero-order valence-electron chi connectivity index (χ0n) is 12.9. The number of methoxy groups -OCH3 is 1. The van der Waals surface area contributed by atoms with Crippen LogP contribution in [0.25, 0.3) is 0 Å². The predicted molar refractivity (Wildman–Crippen MR) is 83.3 cm³/mol. The summed E-state index contributed by atoms with van der Waals surface area (Å²) in [6.07, 6.45) is 0. The second kappa shape index (κ2) is 7.62. The molecule has 0 amide bonds. The zero-order chi connectivity index (χ0) is 14.4. The van der Waals surface area contributed by atoms with E-state index in [1.807, 2.05) is 12.1 Å². The molecule has 1 heterocycles. The molecule has 0 radical (unpaired) electrons. The van der Waals surface area contributed by atoms with Gasteiger partial charge >= 0.3 is 0 Å². The van der Waals surface area contributed by atoms with Gasteiger partial charge in [0.05, 0.1) is 7.11 Å². The highest BCUT2D eigenvalue weighted by molar-refractivity contribution is 5.30. The molecule has 0 spiro atoms. The van der Waals surface area contributed by atoms with Crippen LogP contribution >= 0.6 is 0 Å². The first-order valence-corrected chi connectivity index (χ1v) is 7.47. The summed E-state index contributed by atoms with van der Waals surface area (Å²) in [5, 5.41) is 3.60. The standard InChI is InChI=1S/C16H27N3O/c1-14(15-5-4-6-16(13-15)20-3)17-7-8-19-11-9-18(2)10-12-19/h4-6,13-14,17H,7-12H2,1-3H3/t14-/m0/s1. The molecule has 1 atom stereocenters. The van der Waals surface area contributed by atoms with Crippen molar-refractivity contribution in [1.82, 2.24) is 15.1 Å². The lowest BCUT2D eigenvalue weighted by Crippen LogP contribution is -2.46. The first-order chi connectivity index (χ1) is 9.69. The number of ether oxygens (including phenoxy) is 1. The Balaban J connectivity index is 1.73. The van der Waals surface area contributed by atoms with Gasteiger partial charge in [0, 0.05) is 45.3 Å². The topological polar surface area (TPSA) is 27.7 Å². The van der Waals surface area contributed by atoms with Crippen molar-refractivity contribution in [3.05, 3.63) is 29.8 Å². The maximum absolute atomic E-state index is 5.27. The number of piperazine rings is 1. The van der Waals surface area contributed by atoms with E-state index in [1.54, 1.807) is 7.11 Å². The van der Waals surface area contributed by atoms with Crippen LogP contribution < -0.4 is 10.1 Å². The van der Waals surface area contributed by atoms with Crippen molar-refractivity contribution in [2.24, 2.45) is 0 Å². The molecule has 0 aromatic heterocycles.